The molecule has 0 heterocycles. The van der Waals surface area contributed by atoms with Crippen LogP contribution in [-0.4, -0.2) is 50.5 Å². The van der Waals surface area contributed by atoms with Crippen LogP contribution in [0.15, 0.2) is 48.5 Å². The standard InChI is InChI=1S/C23H30ClN3O4S/c1-5-14-25-23(29)18(3)26(15-19-11-7-8-12-20(19)24)22(28)16-27(32(4,30)31)21-13-9-6-10-17(21)2/h6-13,18H,5,14-16H2,1-4H3,(H,25,29)/t18-/m0/s1. The SMILES string of the molecule is CCCNC(=O)[C@H](C)N(Cc1ccccc1Cl)C(=O)CN(c1ccccc1C)S(C)(=O)=O. The van der Waals surface area contributed by atoms with E-state index in [0.717, 1.165) is 22.5 Å². The summed E-state index contributed by atoms with van der Waals surface area (Å²) in [6.07, 6.45) is 1.81. The van der Waals surface area contributed by atoms with Crippen LogP contribution < -0.4 is 9.62 Å². The number of benzene rings is 2. The quantitative estimate of drug-likeness (QED) is 0.566. The second-order valence-corrected chi connectivity index (χ2v) is 9.95. The van der Waals surface area contributed by atoms with E-state index in [1.807, 2.05) is 6.92 Å². The summed E-state index contributed by atoms with van der Waals surface area (Å²) in [7, 11) is -3.75. The van der Waals surface area contributed by atoms with Crippen LogP contribution in [0.4, 0.5) is 5.69 Å². The van der Waals surface area contributed by atoms with Gasteiger partial charge < -0.3 is 10.2 Å². The zero-order chi connectivity index (χ0) is 23.9. The van der Waals surface area contributed by atoms with Crippen molar-refractivity contribution in [1.82, 2.24) is 10.2 Å². The number of halogens is 1. The minimum Gasteiger partial charge on any atom is -0.354 e. The molecule has 2 amide bonds. The average Bonchev–Trinajstić information content (AvgIpc) is 2.74. The lowest BCUT2D eigenvalue weighted by Crippen LogP contribution is -2.51. The van der Waals surface area contributed by atoms with E-state index in [2.05, 4.69) is 5.32 Å². The molecule has 2 rings (SSSR count). The van der Waals surface area contributed by atoms with E-state index >= 15 is 0 Å². The number of amides is 2. The number of sulfonamides is 1. The van der Waals surface area contributed by atoms with E-state index < -0.39 is 28.5 Å². The van der Waals surface area contributed by atoms with Crippen molar-refractivity contribution in [2.45, 2.75) is 39.8 Å². The first-order chi connectivity index (χ1) is 15.1. The van der Waals surface area contributed by atoms with Crippen molar-refractivity contribution in [2.75, 3.05) is 23.7 Å². The molecule has 0 unspecified atom stereocenters. The number of hydrogen-bond acceptors (Lipinski definition) is 4. The Morgan fingerprint density at radius 3 is 2.31 bits per heavy atom. The number of hydrogen-bond donors (Lipinski definition) is 1. The summed E-state index contributed by atoms with van der Waals surface area (Å²) < 4.78 is 26.2. The molecule has 32 heavy (non-hydrogen) atoms. The van der Waals surface area contributed by atoms with Crippen LogP contribution in [0.2, 0.25) is 5.02 Å². The number of nitrogens with zero attached hydrogens (tertiary/aromatic N) is 2. The number of anilines is 1. The molecule has 7 nitrogen and oxygen atoms in total. The summed E-state index contributed by atoms with van der Waals surface area (Å²) >= 11 is 6.29. The molecule has 9 heteroatoms. The van der Waals surface area contributed by atoms with Crippen molar-refractivity contribution >= 4 is 39.1 Å². The summed E-state index contributed by atoms with van der Waals surface area (Å²) in [6.45, 7) is 5.46. The topological polar surface area (TPSA) is 86.8 Å². The molecule has 0 saturated carbocycles. The second-order valence-electron chi connectivity index (χ2n) is 7.64. The lowest BCUT2D eigenvalue weighted by atomic mass is 10.1. The molecule has 1 N–H and O–H groups in total. The van der Waals surface area contributed by atoms with Crippen molar-refractivity contribution in [3.8, 4) is 0 Å². The molecule has 0 saturated heterocycles. The molecule has 0 fully saturated rings. The molecule has 0 aliphatic carbocycles. The Morgan fingerprint density at radius 2 is 1.72 bits per heavy atom. The van der Waals surface area contributed by atoms with Gasteiger partial charge in [0.15, 0.2) is 0 Å². The van der Waals surface area contributed by atoms with Gasteiger partial charge in [-0.2, -0.15) is 0 Å². The number of para-hydroxylation sites is 1. The Labute approximate surface area is 195 Å². The van der Waals surface area contributed by atoms with Crippen molar-refractivity contribution in [2.24, 2.45) is 0 Å². The highest BCUT2D eigenvalue weighted by molar-refractivity contribution is 7.92. The van der Waals surface area contributed by atoms with Crippen LogP contribution in [0, 0.1) is 6.92 Å². The van der Waals surface area contributed by atoms with Crippen molar-refractivity contribution in [1.29, 1.82) is 0 Å². The van der Waals surface area contributed by atoms with Crippen molar-refractivity contribution < 1.29 is 18.0 Å². The summed E-state index contributed by atoms with van der Waals surface area (Å²) in [6, 6.07) is 13.2. The summed E-state index contributed by atoms with van der Waals surface area (Å²) in [5, 5.41) is 3.26. The third-order valence-electron chi connectivity index (χ3n) is 5.08. The van der Waals surface area contributed by atoms with E-state index in [0.29, 0.717) is 22.8 Å². The maximum atomic E-state index is 13.4. The first-order valence-electron chi connectivity index (χ1n) is 10.4. The Kier molecular flexibility index (Phi) is 9.09. The fraction of sp³-hybridized carbons (Fsp3) is 0.391. The lowest BCUT2D eigenvalue weighted by Gasteiger charge is -2.32. The Hall–Kier alpha value is -2.58. The van der Waals surface area contributed by atoms with Crippen LogP contribution in [-0.2, 0) is 26.2 Å². The average molecular weight is 480 g/mol. The van der Waals surface area contributed by atoms with Gasteiger partial charge in [-0.25, -0.2) is 8.42 Å². The van der Waals surface area contributed by atoms with Gasteiger partial charge in [-0.05, 0) is 43.5 Å². The van der Waals surface area contributed by atoms with Gasteiger partial charge in [0.2, 0.25) is 21.8 Å². The molecule has 0 bridgehead atoms. The fourth-order valence-electron chi connectivity index (χ4n) is 3.23. The number of carbonyl (C=O) groups excluding carboxylic acids is 2. The molecule has 0 aromatic heterocycles. The van der Waals surface area contributed by atoms with E-state index in [1.165, 1.54) is 4.90 Å². The highest BCUT2D eigenvalue weighted by Crippen LogP contribution is 2.23. The summed E-state index contributed by atoms with van der Waals surface area (Å²) in [5.41, 5.74) is 1.81. The van der Waals surface area contributed by atoms with Gasteiger partial charge in [0.25, 0.3) is 0 Å². The Morgan fingerprint density at radius 1 is 1.09 bits per heavy atom. The summed E-state index contributed by atoms with van der Waals surface area (Å²) in [5.74, 6) is -0.813. The fourth-order valence-corrected chi connectivity index (χ4v) is 4.33. The van der Waals surface area contributed by atoms with Gasteiger partial charge in [0, 0.05) is 18.1 Å². The van der Waals surface area contributed by atoms with E-state index in [-0.39, 0.29) is 12.5 Å². The van der Waals surface area contributed by atoms with E-state index in [1.54, 1.807) is 62.4 Å². The molecule has 0 radical (unpaired) electrons. The largest absolute Gasteiger partial charge is 0.354 e. The number of rotatable bonds is 10. The summed E-state index contributed by atoms with van der Waals surface area (Å²) in [4.78, 5) is 27.4. The van der Waals surface area contributed by atoms with Gasteiger partial charge in [0.05, 0.1) is 11.9 Å². The zero-order valence-corrected chi connectivity index (χ0v) is 20.4. The van der Waals surface area contributed by atoms with Gasteiger partial charge in [0.1, 0.15) is 12.6 Å². The Bertz CT molecular complexity index is 1060. The van der Waals surface area contributed by atoms with Crippen LogP contribution in [0.1, 0.15) is 31.4 Å². The number of nitrogens with one attached hydrogen (secondary N) is 1. The smallest absolute Gasteiger partial charge is 0.244 e. The third kappa shape index (κ3) is 6.71. The normalized spacial score (nSPS) is 12.2. The number of aryl methyl sites for hydroxylation is 1. The molecule has 0 spiro atoms. The minimum absolute atomic E-state index is 0.0740. The van der Waals surface area contributed by atoms with E-state index in [9.17, 15) is 18.0 Å². The third-order valence-corrected chi connectivity index (χ3v) is 6.57. The lowest BCUT2D eigenvalue weighted by molar-refractivity contribution is -0.139. The van der Waals surface area contributed by atoms with Crippen LogP contribution in [0.5, 0.6) is 0 Å². The molecule has 0 aliphatic heterocycles. The van der Waals surface area contributed by atoms with Crippen LogP contribution >= 0.6 is 11.6 Å². The molecular formula is C23H30ClN3O4S. The zero-order valence-electron chi connectivity index (χ0n) is 18.8. The van der Waals surface area contributed by atoms with Crippen LogP contribution in [0.3, 0.4) is 0 Å². The molecular weight excluding hydrogens is 450 g/mol. The highest BCUT2D eigenvalue weighted by atomic mass is 35.5. The molecule has 174 valence electrons. The van der Waals surface area contributed by atoms with E-state index in [4.69, 9.17) is 11.6 Å². The second kappa shape index (κ2) is 11.3. The molecule has 2 aromatic rings. The first-order valence-corrected chi connectivity index (χ1v) is 12.6. The molecule has 0 aliphatic rings. The monoisotopic (exact) mass is 479 g/mol. The van der Waals surface area contributed by atoms with Crippen molar-refractivity contribution in [3.05, 3.63) is 64.7 Å². The van der Waals surface area contributed by atoms with Gasteiger partial charge in [-0.15, -0.1) is 0 Å². The van der Waals surface area contributed by atoms with Gasteiger partial charge in [-0.3, -0.25) is 13.9 Å². The maximum absolute atomic E-state index is 13.4. The maximum Gasteiger partial charge on any atom is 0.244 e. The highest BCUT2D eigenvalue weighted by Gasteiger charge is 2.30. The van der Waals surface area contributed by atoms with Crippen LogP contribution in [0.25, 0.3) is 0 Å². The predicted molar refractivity (Wildman–Crippen MR) is 128 cm³/mol. The predicted octanol–water partition coefficient (Wildman–Crippen LogP) is 3.36. The molecule has 2 aromatic carbocycles. The van der Waals surface area contributed by atoms with Gasteiger partial charge in [-0.1, -0.05) is 54.9 Å². The van der Waals surface area contributed by atoms with Gasteiger partial charge >= 0.3 is 0 Å². The number of carbonyl (C=O) groups is 2. The van der Waals surface area contributed by atoms with Crippen molar-refractivity contribution in [3.63, 3.8) is 0 Å². The first kappa shape index (κ1) is 25.7. The minimum atomic E-state index is -3.75. The molecule has 1 atom stereocenters. The Balaban J connectivity index is 2.40.